The van der Waals surface area contributed by atoms with Gasteiger partial charge in [0.25, 0.3) is 0 Å². The van der Waals surface area contributed by atoms with Crippen molar-refractivity contribution in [2.75, 3.05) is 13.2 Å². The number of hydrogen-bond donors (Lipinski definition) is 2. The average molecular weight is 285 g/mol. The molecule has 4 nitrogen and oxygen atoms in total. The van der Waals surface area contributed by atoms with Crippen LogP contribution in [-0.2, 0) is 0 Å². The van der Waals surface area contributed by atoms with Gasteiger partial charge in [0.15, 0.2) is 5.96 Å². The number of fused-ring (bicyclic) bond motifs is 1. The molecule has 4 rings (SSSR count). The summed E-state index contributed by atoms with van der Waals surface area (Å²) in [5, 5.41) is 3.38. The van der Waals surface area contributed by atoms with Crippen molar-refractivity contribution in [3.8, 4) is 5.75 Å². The number of rotatable bonds is 4. The van der Waals surface area contributed by atoms with Crippen LogP contribution in [0.4, 0.5) is 0 Å². The molecule has 2 saturated carbocycles. The van der Waals surface area contributed by atoms with Gasteiger partial charge >= 0.3 is 0 Å². The first-order valence-electron chi connectivity index (χ1n) is 8.05. The Hall–Kier alpha value is -1.71. The van der Waals surface area contributed by atoms with Gasteiger partial charge in [-0.25, -0.2) is 0 Å². The van der Waals surface area contributed by atoms with E-state index in [9.17, 15) is 0 Å². The number of aliphatic imine (C=N–C) groups is 1. The van der Waals surface area contributed by atoms with Crippen molar-refractivity contribution in [1.29, 1.82) is 0 Å². The maximum Gasteiger partial charge on any atom is 0.189 e. The highest BCUT2D eigenvalue weighted by atomic mass is 16.5. The van der Waals surface area contributed by atoms with Crippen molar-refractivity contribution in [2.24, 2.45) is 22.1 Å². The maximum absolute atomic E-state index is 6.12. The van der Waals surface area contributed by atoms with E-state index >= 15 is 0 Å². The SMILES string of the molecule is NC(=NCC1(C2CC2)CC1)NC1CCOc2ccccc21. The molecule has 0 spiro atoms. The quantitative estimate of drug-likeness (QED) is 0.660. The van der Waals surface area contributed by atoms with Crippen LogP contribution in [0.15, 0.2) is 29.3 Å². The van der Waals surface area contributed by atoms with E-state index in [1.807, 2.05) is 18.2 Å². The van der Waals surface area contributed by atoms with E-state index in [1.165, 1.54) is 31.2 Å². The predicted octanol–water partition coefficient (Wildman–Crippen LogP) is 2.60. The van der Waals surface area contributed by atoms with E-state index < -0.39 is 0 Å². The summed E-state index contributed by atoms with van der Waals surface area (Å²) < 4.78 is 5.68. The van der Waals surface area contributed by atoms with Gasteiger partial charge in [-0.1, -0.05) is 18.2 Å². The number of nitrogens with one attached hydrogen (secondary N) is 1. The Bertz CT molecular complexity index is 561. The van der Waals surface area contributed by atoms with Gasteiger partial charge < -0.3 is 15.8 Å². The normalized spacial score (nSPS) is 26.7. The van der Waals surface area contributed by atoms with Gasteiger partial charge in [-0.05, 0) is 43.1 Å². The Morgan fingerprint density at radius 3 is 2.86 bits per heavy atom. The molecular formula is C17H23N3O. The van der Waals surface area contributed by atoms with E-state index in [0.29, 0.717) is 11.4 Å². The topological polar surface area (TPSA) is 59.6 Å². The Kier molecular flexibility index (Phi) is 3.05. The van der Waals surface area contributed by atoms with Gasteiger partial charge in [0.1, 0.15) is 5.75 Å². The van der Waals surface area contributed by atoms with Crippen LogP contribution in [0, 0.1) is 11.3 Å². The number of nitrogens with two attached hydrogens (primary N) is 1. The molecule has 0 aromatic heterocycles. The van der Waals surface area contributed by atoms with Crippen molar-refractivity contribution in [3.05, 3.63) is 29.8 Å². The molecule has 2 aliphatic carbocycles. The fourth-order valence-electron chi connectivity index (χ4n) is 3.51. The Morgan fingerprint density at radius 2 is 2.10 bits per heavy atom. The molecular weight excluding hydrogens is 262 g/mol. The Balaban J connectivity index is 1.41. The molecule has 1 aromatic carbocycles. The second-order valence-corrected chi connectivity index (χ2v) is 6.71. The molecule has 0 radical (unpaired) electrons. The van der Waals surface area contributed by atoms with Crippen molar-refractivity contribution in [2.45, 2.75) is 38.1 Å². The van der Waals surface area contributed by atoms with Gasteiger partial charge in [0.05, 0.1) is 12.6 Å². The van der Waals surface area contributed by atoms with Gasteiger partial charge in [-0.3, -0.25) is 4.99 Å². The van der Waals surface area contributed by atoms with Crippen molar-refractivity contribution < 1.29 is 4.74 Å². The Morgan fingerprint density at radius 1 is 1.29 bits per heavy atom. The van der Waals surface area contributed by atoms with E-state index in [0.717, 1.165) is 31.2 Å². The lowest BCUT2D eigenvalue weighted by molar-refractivity contribution is 0.262. The highest BCUT2D eigenvalue weighted by Gasteiger charge is 2.53. The molecule has 1 unspecified atom stereocenters. The first-order chi connectivity index (χ1) is 10.3. The minimum absolute atomic E-state index is 0.217. The zero-order valence-electron chi connectivity index (χ0n) is 12.3. The van der Waals surface area contributed by atoms with Gasteiger partial charge in [0, 0.05) is 18.5 Å². The molecule has 1 atom stereocenters. The molecule has 3 aliphatic rings. The lowest BCUT2D eigenvalue weighted by atomic mass is 10.0. The second kappa shape index (κ2) is 4.93. The predicted molar refractivity (Wildman–Crippen MR) is 83.3 cm³/mol. The molecule has 2 fully saturated rings. The third-order valence-corrected chi connectivity index (χ3v) is 5.18. The maximum atomic E-state index is 6.12. The highest BCUT2D eigenvalue weighted by Crippen LogP contribution is 2.61. The van der Waals surface area contributed by atoms with Crippen LogP contribution in [-0.4, -0.2) is 19.1 Å². The first-order valence-corrected chi connectivity index (χ1v) is 8.05. The number of hydrogen-bond acceptors (Lipinski definition) is 2. The van der Waals surface area contributed by atoms with Crippen molar-refractivity contribution >= 4 is 5.96 Å². The molecule has 0 amide bonds. The van der Waals surface area contributed by atoms with Crippen LogP contribution in [0.2, 0.25) is 0 Å². The highest BCUT2D eigenvalue weighted by molar-refractivity contribution is 5.78. The van der Waals surface area contributed by atoms with E-state index in [1.54, 1.807) is 0 Å². The molecule has 3 N–H and O–H groups in total. The van der Waals surface area contributed by atoms with Crippen molar-refractivity contribution in [3.63, 3.8) is 0 Å². The second-order valence-electron chi connectivity index (χ2n) is 6.71. The molecule has 112 valence electrons. The van der Waals surface area contributed by atoms with Crippen LogP contribution in [0.5, 0.6) is 5.75 Å². The number of benzene rings is 1. The smallest absolute Gasteiger partial charge is 0.189 e. The summed E-state index contributed by atoms with van der Waals surface area (Å²) >= 11 is 0. The molecule has 21 heavy (non-hydrogen) atoms. The summed E-state index contributed by atoms with van der Waals surface area (Å²) in [5.41, 5.74) is 7.81. The third-order valence-electron chi connectivity index (χ3n) is 5.18. The minimum atomic E-state index is 0.217. The Labute approximate surface area is 125 Å². The van der Waals surface area contributed by atoms with E-state index in [-0.39, 0.29) is 6.04 Å². The zero-order chi connectivity index (χ0) is 14.3. The molecule has 1 heterocycles. The van der Waals surface area contributed by atoms with Crippen LogP contribution in [0.3, 0.4) is 0 Å². The average Bonchev–Trinajstić information content (AvgIpc) is 3.38. The number of para-hydroxylation sites is 1. The van der Waals surface area contributed by atoms with Crippen molar-refractivity contribution in [1.82, 2.24) is 5.32 Å². The van der Waals surface area contributed by atoms with E-state index in [2.05, 4.69) is 16.4 Å². The zero-order valence-corrected chi connectivity index (χ0v) is 12.3. The summed E-state index contributed by atoms with van der Waals surface area (Å²) in [4.78, 5) is 4.63. The summed E-state index contributed by atoms with van der Waals surface area (Å²) in [6.45, 7) is 1.63. The minimum Gasteiger partial charge on any atom is -0.493 e. The molecule has 4 heteroatoms. The van der Waals surface area contributed by atoms with Gasteiger partial charge in [0.2, 0.25) is 0 Å². The standard InChI is InChI=1S/C17H23N3O/c18-16(19-11-17(8-9-17)12-5-6-12)20-14-7-10-21-15-4-2-1-3-13(14)15/h1-4,12,14H,5-11H2,(H3,18,19,20). The fourth-order valence-corrected chi connectivity index (χ4v) is 3.51. The van der Waals surface area contributed by atoms with Crippen LogP contribution < -0.4 is 15.8 Å². The number of guanidine groups is 1. The molecule has 1 aliphatic heterocycles. The van der Waals surface area contributed by atoms with Gasteiger partial charge in [-0.2, -0.15) is 0 Å². The largest absolute Gasteiger partial charge is 0.493 e. The third kappa shape index (κ3) is 2.59. The first kappa shape index (κ1) is 13.0. The summed E-state index contributed by atoms with van der Waals surface area (Å²) in [6.07, 6.45) is 6.41. The lowest BCUT2D eigenvalue weighted by Crippen LogP contribution is -2.37. The number of ether oxygens (including phenoxy) is 1. The lowest BCUT2D eigenvalue weighted by Gasteiger charge is -2.27. The van der Waals surface area contributed by atoms with Crippen LogP contribution in [0.25, 0.3) is 0 Å². The molecule has 0 saturated heterocycles. The molecule has 1 aromatic rings. The van der Waals surface area contributed by atoms with Crippen LogP contribution in [0.1, 0.15) is 43.7 Å². The van der Waals surface area contributed by atoms with Gasteiger partial charge in [-0.15, -0.1) is 0 Å². The number of nitrogens with zero attached hydrogens (tertiary/aromatic N) is 1. The fraction of sp³-hybridized carbons (Fsp3) is 0.588. The van der Waals surface area contributed by atoms with Crippen LogP contribution >= 0.6 is 0 Å². The molecule has 0 bridgehead atoms. The summed E-state index contributed by atoms with van der Waals surface area (Å²) in [6, 6.07) is 8.39. The summed E-state index contributed by atoms with van der Waals surface area (Å²) in [5.74, 6) is 2.48. The summed E-state index contributed by atoms with van der Waals surface area (Å²) in [7, 11) is 0. The monoisotopic (exact) mass is 285 g/mol. The van der Waals surface area contributed by atoms with E-state index in [4.69, 9.17) is 10.5 Å².